The molecule has 2 rings (SSSR count). The molecular formula is C23H31N3O4S. The van der Waals surface area contributed by atoms with Gasteiger partial charge < -0.3 is 10.6 Å². The SMILES string of the molecule is CC(=O)Nc1cccc(C(C)NC(=O)CCNS(=O)(=O)c2ccc(C(C)(C)C)cc2)c1. The molecule has 0 saturated carbocycles. The molecule has 0 spiro atoms. The molecule has 0 heterocycles. The summed E-state index contributed by atoms with van der Waals surface area (Å²) in [6.07, 6.45) is 0.00896. The number of rotatable bonds is 8. The summed E-state index contributed by atoms with van der Waals surface area (Å²) in [6, 6.07) is 13.7. The van der Waals surface area contributed by atoms with Gasteiger partial charge >= 0.3 is 0 Å². The maximum absolute atomic E-state index is 12.5. The second-order valence-corrected chi connectivity index (χ2v) is 10.3. The van der Waals surface area contributed by atoms with Crippen LogP contribution in [0.4, 0.5) is 5.69 Å². The molecule has 3 N–H and O–H groups in total. The van der Waals surface area contributed by atoms with E-state index in [1.54, 1.807) is 42.5 Å². The molecule has 2 amide bonds. The molecule has 7 nitrogen and oxygen atoms in total. The van der Waals surface area contributed by atoms with Crippen molar-refractivity contribution in [3.63, 3.8) is 0 Å². The largest absolute Gasteiger partial charge is 0.350 e. The fourth-order valence-corrected chi connectivity index (χ4v) is 4.03. The number of nitrogens with one attached hydrogen (secondary N) is 3. The second-order valence-electron chi connectivity index (χ2n) is 8.52. The summed E-state index contributed by atoms with van der Waals surface area (Å²) in [5.74, 6) is -0.447. The molecule has 0 aliphatic carbocycles. The lowest BCUT2D eigenvalue weighted by molar-refractivity contribution is -0.121. The second kappa shape index (κ2) is 10.1. The van der Waals surface area contributed by atoms with Gasteiger partial charge in [-0.3, -0.25) is 9.59 Å². The molecule has 1 unspecified atom stereocenters. The summed E-state index contributed by atoms with van der Waals surface area (Å²) >= 11 is 0. The smallest absolute Gasteiger partial charge is 0.240 e. The topological polar surface area (TPSA) is 104 Å². The van der Waals surface area contributed by atoms with E-state index < -0.39 is 10.0 Å². The number of carbonyl (C=O) groups is 2. The van der Waals surface area contributed by atoms with Gasteiger partial charge in [-0.1, -0.05) is 45.0 Å². The van der Waals surface area contributed by atoms with E-state index in [1.807, 2.05) is 13.0 Å². The van der Waals surface area contributed by atoms with Crippen molar-refractivity contribution in [2.24, 2.45) is 0 Å². The number of amides is 2. The van der Waals surface area contributed by atoms with Crippen LogP contribution >= 0.6 is 0 Å². The highest BCUT2D eigenvalue weighted by molar-refractivity contribution is 7.89. The van der Waals surface area contributed by atoms with Gasteiger partial charge in [0.2, 0.25) is 21.8 Å². The molecule has 31 heavy (non-hydrogen) atoms. The van der Waals surface area contributed by atoms with Gasteiger partial charge in [-0.25, -0.2) is 13.1 Å². The first-order valence-corrected chi connectivity index (χ1v) is 11.6. The number of hydrogen-bond acceptors (Lipinski definition) is 4. The van der Waals surface area contributed by atoms with Crippen molar-refractivity contribution in [2.75, 3.05) is 11.9 Å². The van der Waals surface area contributed by atoms with Crippen LogP contribution in [0.5, 0.6) is 0 Å². The first kappa shape index (κ1) is 24.6. The van der Waals surface area contributed by atoms with Gasteiger partial charge in [0, 0.05) is 25.6 Å². The molecule has 2 aromatic rings. The zero-order chi connectivity index (χ0) is 23.2. The van der Waals surface area contributed by atoms with E-state index in [0.717, 1.165) is 11.1 Å². The van der Waals surface area contributed by atoms with Gasteiger partial charge in [0.15, 0.2) is 0 Å². The Bertz CT molecular complexity index is 1030. The fraction of sp³-hybridized carbons (Fsp3) is 0.391. The molecule has 168 valence electrons. The quantitative estimate of drug-likeness (QED) is 0.578. The summed E-state index contributed by atoms with van der Waals surface area (Å²) < 4.78 is 27.4. The van der Waals surface area contributed by atoms with Crippen LogP contribution in [-0.4, -0.2) is 26.8 Å². The zero-order valence-electron chi connectivity index (χ0n) is 18.7. The maximum Gasteiger partial charge on any atom is 0.240 e. The van der Waals surface area contributed by atoms with Crippen molar-refractivity contribution < 1.29 is 18.0 Å². The number of anilines is 1. The Morgan fingerprint density at radius 1 is 1.03 bits per heavy atom. The molecule has 1 atom stereocenters. The van der Waals surface area contributed by atoms with Crippen molar-refractivity contribution in [2.45, 2.75) is 57.4 Å². The summed E-state index contributed by atoms with van der Waals surface area (Å²) in [6.45, 7) is 9.43. The van der Waals surface area contributed by atoms with E-state index in [4.69, 9.17) is 0 Å². The van der Waals surface area contributed by atoms with Crippen LogP contribution in [0.2, 0.25) is 0 Å². The predicted molar refractivity (Wildman–Crippen MR) is 122 cm³/mol. The molecule has 0 aromatic heterocycles. The normalized spacial score (nSPS) is 12.8. The molecule has 0 bridgehead atoms. The molecule has 2 aromatic carbocycles. The lowest BCUT2D eigenvalue weighted by Gasteiger charge is -2.19. The summed E-state index contributed by atoms with van der Waals surface area (Å²) in [7, 11) is -3.69. The van der Waals surface area contributed by atoms with Crippen LogP contribution in [-0.2, 0) is 25.0 Å². The Balaban J connectivity index is 1.89. The minimum Gasteiger partial charge on any atom is -0.350 e. The van der Waals surface area contributed by atoms with Crippen LogP contribution in [0.1, 0.15) is 58.2 Å². The summed E-state index contributed by atoms with van der Waals surface area (Å²) in [5, 5.41) is 5.54. The fourth-order valence-electron chi connectivity index (χ4n) is 3.00. The summed E-state index contributed by atoms with van der Waals surface area (Å²) in [4.78, 5) is 23.6. The lowest BCUT2D eigenvalue weighted by Crippen LogP contribution is -2.32. The van der Waals surface area contributed by atoms with Gasteiger partial charge in [0.05, 0.1) is 10.9 Å². The Kier molecular flexibility index (Phi) is 7.97. The predicted octanol–water partition coefficient (Wildman–Crippen LogP) is 3.49. The maximum atomic E-state index is 12.5. The monoisotopic (exact) mass is 445 g/mol. The first-order valence-electron chi connectivity index (χ1n) is 10.2. The van der Waals surface area contributed by atoms with Gasteiger partial charge in [-0.2, -0.15) is 0 Å². The van der Waals surface area contributed by atoms with Gasteiger partial charge in [0.1, 0.15) is 0 Å². The van der Waals surface area contributed by atoms with E-state index in [0.29, 0.717) is 5.69 Å². The minimum atomic E-state index is -3.69. The van der Waals surface area contributed by atoms with Crippen LogP contribution in [0.25, 0.3) is 0 Å². The molecule has 0 saturated heterocycles. The van der Waals surface area contributed by atoms with Gasteiger partial charge in [-0.15, -0.1) is 0 Å². The first-order chi connectivity index (χ1) is 14.4. The van der Waals surface area contributed by atoms with Crippen molar-refractivity contribution >= 4 is 27.5 Å². The van der Waals surface area contributed by atoms with Crippen molar-refractivity contribution in [1.29, 1.82) is 0 Å². The van der Waals surface area contributed by atoms with Crippen LogP contribution < -0.4 is 15.4 Å². The number of hydrogen-bond donors (Lipinski definition) is 3. The molecule has 0 radical (unpaired) electrons. The van der Waals surface area contributed by atoms with E-state index in [9.17, 15) is 18.0 Å². The number of benzene rings is 2. The highest BCUT2D eigenvalue weighted by atomic mass is 32.2. The van der Waals surface area contributed by atoms with Crippen LogP contribution in [0, 0.1) is 0 Å². The number of carbonyl (C=O) groups excluding carboxylic acids is 2. The summed E-state index contributed by atoms with van der Waals surface area (Å²) in [5.41, 5.74) is 2.46. The zero-order valence-corrected chi connectivity index (χ0v) is 19.5. The lowest BCUT2D eigenvalue weighted by atomic mass is 9.87. The van der Waals surface area contributed by atoms with Crippen molar-refractivity contribution in [1.82, 2.24) is 10.0 Å². The molecular weight excluding hydrogens is 414 g/mol. The van der Waals surface area contributed by atoms with Crippen LogP contribution in [0.3, 0.4) is 0 Å². The van der Waals surface area contributed by atoms with E-state index in [1.165, 1.54) is 6.92 Å². The highest BCUT2D eigenvalue weighted by Gasteiger charge is 2.18. The highest BCUT2D eigenvalue weighted by Crippen LogP contribution is 2.23. The van der Waals surface area contributed by atoms with E-state index in [-0.39, 0.29) is 41.1 Å². The Hall–Kier alpha value is -2.71. The van der Waals surface area contributed by atoms with Crippen LogP contribution in [0.15, 0.2) is 53.4 Å². The third-order valence-corrected chi connectivity index (χ3v) is 6.24. The van der Waals surface area contributed by atoms with Crippen molar-refractivity contribution in [3.8, 4) is 0 Å². The van der Waals surface area contributed by atoms with E-state index in [2.05, 4.69) is 36.1 Å². The Labute approximate surface area is 184 Å². The van der Waals surface area contributed by atoms with Crippen molar-refractivity contribution in [3.05, 3.63) is 59.7 Å². The molecule has 0 aliphatic heterocycles. The third kappa shape index (κ3) is 7.48. The van der Waals surface area contributed by atoms with Gasteiger partial charge in [0.25, 0.3) is 0 Å². The Morgan fingerprint density at radius 2 is 1.68 bits per heavy atom. The van der Waals surface area contributed by atoms with E-state index >= 15 is 0 Å². The third-order valence-electron chi connectivity index (χ3n) is 4.76. The number of sulfonamides is 1. The molecule has 0 fully saturated rings. The van der Waals surface area contributed by atoms with Gasteiger partial charge in [-0.05, 0) is 47.7 Å². The average molecular weight is 446 g/mol. The average Bonchev–Trinajstić information content (AvgIpc) is 2.67. The Morgan fingerprint density at radius 3 is 2.26 bits per heavy atom. The standard InChI is InChI=1S/C23H31N3O4S/c1-16(18-7-6-8-20(15-18)26-17(2)27)25-22(28)13-14-24-31(29,30)21-11-9-19(10-12-21)23(3,4)5/h6-12,15-16,24H,13-14H2,1-5H3,(H,25,28)(H,26,27). The minimum absolute atomic E-state index is 0.00611. The molecule has 0 aliphatic rings. The molecule has 8 heteroatoms.